The van der Waals surface area contributed by atoms with Gasteiger partial charge in [-0.05, 0) is 12.1 Å². The molecule has 3 N–H and O–H groups in total. The Morgan fingerprint density at radius 1 is 1.50 bits per heavy atom. The molecular formula is C13H16N4O3. The van der Waals surface area contributed by atoms with Crippen molar-refractivity contribution in [3.63, 3.8) is 0 Å². The van der Waals surface area contributed by atoms with Gasteiger partial charge in [0.2, 0.25) is 5.89 Å². The number of hydrogen-bond donors (Lipinski definition) is 2. The average Bonchev–Trinajstić information content (AvgIpc) is 2.84. The van der Waals surface area contributed by atoms with Gasteiger partial charge in [-0.3, -0.25) is 4.79 Å². The number of benzene rings is 1. The zero-order valence-corrected chi connectivity index (χ0v) is 11.3. The van der Waals surface area contributed by atoms with Gasteiger partial charge in [-0.1, -0.05) is 11.2 Å². The molecule has 1 aromatic heterocycles. The summed E-state index contributed by atoms with van der Waals surface area (Å²) in [5.41, 5.74) is 6.56. The van der Waals surface area contributed by atoms with E-state index in [4.69, 9.17) is 15.0 Å². The normalized spacial score (nSPS) is 10.3. The lowest BCUT2D eigenvalue weighted by molar-refractivity contribution is 0.0954. The molecule has 2 rings (SSSR count). The third kappa shape index (κ3) is 3.05. The fraction of sp³-hybridized carbons (Fsp3) is 0.308. The van der Waals surface area contributed by atoms with Crippen molar-refractivity contribution < 1.29 is 14.1 Å². The van der Waals surface area contributed by atoms with Crippen LogP contribution < -0.4 is 15.8 Å². The number of nitrogens with one attached hydrogen (secondary N) is 1. The van der Waals surface area contributed by atoms with E-state index in [0.29, 0.717) is 41.7 Å². The summed E-state index contributed by atoms with van der Waals surface area (Å²) in [7, 11) is 1.51. The van der Waals surface area contributed by atoms with Crippen molar-refractivity contribution in [3.8, 4) is 5.75 Å². The second-order valence-electron chi connectivity index (χ2n) is 4.16. The number of para-hydroxylation sites is 1. The first-order valence-corrected chi connectivity index (χ1v) is 6.11. The predicted molar refractivity (Wildman–Crippen MR) is 72.5 cm³/mol. The first-order valence-electron chi connectivity index (χ1n) is 6.11. The Labute approximate surface area is 116 Å². The fourth-order valence-electron chi connectivity index (χ4n) is 1.75. The lowest BCUT2D eigenvalue weighted by Gasteiger charge is -2.09. The lowest BCUT2D eigenvalue weighted by Crippen LogP contribution is -2.26. The van der Waals surface area contributed by atoms with Gasteiger partial charge >= 0.3 is 0 Å². The monoisotopic (exact) mass is 276 g/mol. The molecule has 1 amide bonds. The number of carbonyl (C=O) groups is 1. The maximum absolute atomic E-state index is 12.0. The van der Waals surface area contributed by atoms with Crippen molar-refractivity contribution in [1.29, 1.82) is 0 Å². The first kappa shape index (κ1) is 13.9. The highest BCUT2D eigenvalue weighted by molar-refractivity contribution is 6.00. The first-order chi connectivity index (χ1) is 9.61. The van der Waals surface area contributed by atoms with Crippen LogP contribution in [0.25, 0.3) is 0 Å². The van der Waals surface area contributed by atoms with Gasteiger partial charge in [-0.2, -0.15) is 4.98 Å². The summed E-state index contributed by atoms with van der Waals surface area (Å²) in [6, 6.07) is 5.06. The Morgan fingerprint density at radius 3 is 2.95 bits per heavy atom. The number of nitrogens with two attached hydrogens (primary N) is 1. The van der Waals surface area contributed by atoms with Gasteiger partial charge in [0.25, 0.3) is 5.91 Å². The van der Waals surface area contributed by atoms with E-state index in [1.165, 1.54) is 7.11 Å². The SMILES string of the molecule is COc1cccc(C(=O)NCCc2noc(C)n2)c1N. The summed E-state index contributed by atoms with van der Waals surface area (Å²) in [5, 5.41) is 6.50. The Morgan fingerprint density at radius 2 is 2.30 bits per heavy atom. The summed E-state index contributed by atoms with van der Waals surface area (Å²) in [6.07, 6.45) is 0.493. The number of nitrogen functional groups attached to an aromatic ring is 1. The third-order valence-electron chi connectivity index (χ3n) is 2.73. The van der Waals surface area contributed by atoms with Gasteiger partial charge in [0.05, 0.1) is 18.4 Å². The van der Waals surface area contributed by atoms with Gasteiger partial charge in [0, 0.05) is 19.9 Å². The Hall–Kier alpha value is -2.57. The van der Waals surface area contributed by atoms with Crippen LogP contribution in [0.1, 0.15) is 22.1 Å². The summed E-state index contributed by atoms with van der Waals surface area (Å²) in [4.78, 5) is 16.1. The minimum Gasteiger partial charge on any atom is -0.495 e. The fourth-order valence-corrected chi connectivity index (χ4v) is 1.75. The molecule has 7 heteroatoms. The topological polar surface area (TPSA) is 103 Å². The molecule has 1 heterocycles. The quantitative estimate of drug-likeness (QED) is 0.788. The molecule has 0 aliphatic heterocycles. The minimum absolute atomic E-state index is 0.262. The molecule has 0 fully saturated rings. The number of carbonyl (C=O) groups excluding carboxylic acids is 1. The minimum atomic E-state index is -0.262. The van der Waals surface area contributed by atoms with Crippen LogP contribution >= 0.6 is 0 Å². The zero-order chi connectivity index (χ0) is 14.5. The van der Waals surface area contributed by atoms with Crippen LogP contribution in [0.15, 0.2) is 22.7 Å². The molecule has 0 saturated carbocycles. The Balaban J connectivity index is 1.95. The summed E-state index contributed by atoms with van der Waals surface area (Å²) >= 11 is 0. The van der Waals surface area contributed by atoms with Crippen LogP contribution in [0, 0.1) is 6.92 Å². The second kappa shape index (κ2) is 6.05. The molecule has 0 spiro atoms. The Bertz CT molecular complexity index is 609. The summed E-state index contributed by atoms with van der Waals surface area (Å²) < 4.78 is 9.92. The second-order valence-corrected chi connectivity index (χ2v) is 4.16. The van der Waals surface area contributed by atoms with E-state index in [9.17, 15) is 4.79 Å². The molecule has 0 aliphatic rings. The molecule has 2 aromatic rings. The molecule has 0 radical (unpaired) electrons. The van der Waals surface area contributed by atoms with E-state index in [-0.39, 0.29) is 5.91 Å². The van der Waals surface area contributed by atoms with E-state index < -0.39 is 0 Å². The number of aryl methyl sites for hydroxylation is 1. The lowest BCUT2D eigenvalue weighted by atomic mass is 10.1. The van der Waals surface area contributed by atoms with E-state index in [2.05, 4.69) is 15.5 Å². The van der Waals surface area contributed by atoms with Crippen LogP contribution in [0.3, 0.4) is 0 Å². The summed E-state index contributed by atoms with van der Waals surface area (Å²) in [5.74, 6) is 1.28. The molecule has 0 aliphatic carbocycles. The van der Waals surface area contributed by atoms with Crippen molar-refractivity contribution in [2.75, 3.05) is 19.4 Å². The molecule has 106 valence electrons. The van der Waals surface area contributed by atoms with E-state index in [0.717, 1.165) is 0 Å². The van der Waals surface area contributed by atoms with Gasteiger partial charge < -0.3 is 20.3 Å². The average molecular weight is 276 g/mol. The molecule has 0 unspecified atom stereocenters. The maximum Gasteiger partial charge on any atom is 0.253 e. The predicted octanol–water partition coefficient (Wildman–Crippen LogP) is 0.941. The number of amides is 1. The summed E-state index contributed by atoms with van der Waals surface area (Å²) in [6.45, 7) is 2.11. The number of methoxy groups -OCH3 is 1. The van der Waals surface area contributed by atoms with Crippen molar-refractivity contribution in [1.82, 2.24) is 15.5 Å². The van der Waals surface area contributed by atoms with Crippen molar-refractivity contribution in [2.24, 2.45) is 0 Å². The number of nitrogens with zero attached hydrogens (tertiary/aromatic N) is 2. The van der Waals surface area contributed by atoms with Crippen LogP contribution in [-0.4, -0.2) is 29.7 Å². The van der Waals surface area contributed by atoms with Crippen LogP contribution in [0.2, 0.25) is 0 Å². The van der Waals surface area contributed by atoms with Crippen LogP contribution in [0.5, 0.6) is 5.75 Å². The molecule has 1 aromatic carbocycles. The van der Waals surface area contributed by atoms with Crippen molar-refractivity contribution in [2.45, 2.75) is 13.3 Å². The highest BCUT2D eigenvalue weighted by Gasteiger charge is 2.12. The van der Waals surface area contributed by atoms with E-state index in [1.54, 1.807) is 25.1 Å². The van der Waals surface area contributed by atoms with E-state index >= 15 is 0 Å². The Kier molecular flexibility index (Phi) is 4.19. The molecule has 7 nitrogen and oxygen atoms in total. The molecule has 0 atom stereocenters. The molecule has 0 bridgehead atoms. The number of ether oxygens (including phenoxy) is 1. The number of hydrogen-bond acceptors (Lipinski definition) is 6. The van der Waals surface area contributed by atoms with Crippen LogP contribution in [0.4, 0.5) is 5.69 Å². The van der Waals surface area contributed by atoms with Gasteiger partial charge in [-0.15, -0.1) is 0 Å². The van der Waals surface area contributed by atoms with E-state index in [1.807, 2.05) is 0 Å². The standard InChI is InChI=1S/C13H16N4O3/c1-8-16-11(17-20-8)6-7-15-13(18)9-4-3-5-10(19-2)12(9)14/h3-5H,6-7,14H2,1-2H3,(H,15,18). The molecule has 20 heavy (non-hydrogen) atoms. The van der Waals surface area contributed by atoms with Gasteiger partial charge in [0.1, 0.15) is 5.75 Å². The van der Waals surface area contributed by atoms with Crippen molar-refractivity contribution >= 4 is 11.6 Å². The number of anilines is 1. The van der Waals surface area contributed by atoms with Gasteiger partial charge in [0.15, 0.2) is 5.82 Å². The highest BCUT2D eigenvalue weighted by atomic mass is 16.5. The van der Waals surface area contributed by atoms with Crippen molar-refractivity contribution in [3.05, 3.63) is 35.5 Å². The number of aromatic nitrogens is 2. The largest absolute Gasteiger partial charge is 0.495 e. The molecular weight excluding hydrogens is 260 g/mol. The zero-order valence-electron chi connectivity index (χ0n) is 11.3. The van der Waals surface area contributed by atoms with Gasteiger partial charge in [-0.25, -0.2) is 0 Å². The smallest absolute Gasteiger partial charge is 0.253 e. The maximum atomic E-state index is 12.0. The van der Waals surface area contributed by atoms with Crippen LogP contribution in [-0.2, 0) is 6.42 Å². The highest BCUT2D eigenvalue weighted by Crippen LogP contribution is 2.24. The molecule has 0 saturated heterocycles. The number of rotatable bonds is 5. The third-order valence-corrected chi connectivity index (χ3v) is 2.73.